The van der Waals surface area contributed by atoms with E-state index in [2.05, 4.69) is 15.2 Å². The molecule has 106 valence electrons. The number of carbonyl (C=O) groups is 1. The molecule has 0 aliphatic rings. The first-order chi connectivity index (χ1) is 10.2. The molecule has 0 bridgehead atoms. The van der Waals surface area contributed by atoms with Crippen molar-refractivity contribution in [1.82, 2.24) is 15.2 Å². The van der Waals surface area contributed by atoms with Crippen molar-refractivity contribution < 1.29 is 14.6 Å². The lowest BCUT2D eigenvalue weighted by molar-refractivity contribution is 0.0693. The van der Waals surface area contributed by atoms with Crippen molar-refractivity contribution in [2.45, 2.75) is 0 Å². The van der Waals surface area contributed by atoms with Gasteiger partial charge in [-0.05, 0) is 24.3 Å². The van der Waals surface area contributed by atoms with Crippen LogP contribution in [0, 0.1) is 0 Å². The average Bonchev–Trinajstić information content (AvgIpc) is 3.13. The molecule has 21 heavy (non-hydrogen) atoms. The van der Waals surface area contributed by atoms with Crippen LogP contribution in [0.1, 0.15) is 21.1 Å². The van der Waals surface area contributed by atoms with E-state index in [4.69, 9.17) is 4.74 Å². The van der Waals surface area contributed by atoms with Gasteiger partial charge in [-0.2, -0.15) is 5.10 Å². The fraction of sp³-hybridized carbons (Fsp3) is 0.0714. The van der Waals surface area contributed by atoms with E-state index in [0.29, 0.717) is 16.8 Å². The molecule has 3 rings (SSSR count). The highest BCUT2D eigenvalue weighted by Gasteiger charge is 2.17. The summed E-state index contributed by atoms with van der Waals surface area (Å²) in [7, 11) is 1.45. The molecule has 2 aromatic heterocycles. The molecule has 0 unspecified atom stereocenters. The van der Waals surface area contributed by atoms with Crippen molar-refractivity contribution in [2.24, 2.45) is 0 Å². The number of nitrogens with one attached hydrogen (secondary N) is 1. The molecule has 0 saturated carbocycles. The van der Waals surface area contributed by atoms with Crippen LogP contribution in [0.2, 0.25) is 0 Å². The lowest BCUT2D eigenvalue weighted by atomic mass is 10.1. The standard InChI is InChI=1S/C14H11N3O3S/c1-20-13-8(14(18)19)2-3-9-12(13)10(17-16-9)4-5-11-15-6-7-21-11/h2-7H,1H3,(H,16,17)(H,18,19)/b5-4+. The number of carboxylic acid groups (broad SMARTS) is 1. The van der Waals surface area contributed by atoms with Gasteiger partial charge in [0.2, 0.25) is 0 Å². The number of methoxy groups -OCH3 is 1. The molecule has 0 radical (unpaired) electrons. The molecule has 1 aromatic carbocycles. The van der Waals surface area contributed by atoms with Gasteiger partial charge in [0.25, 0.3) is 0 Å². The maximum atomic E-state index is 11.3. The van der Waals surface area contributed by atoms with Crippen LogP contribution in [-0.2, 0) is 0 Å². The third kappa shape index (κ3) is 2.38. The fourth-order valence-corrected chi connectivity index (χ4v) is 2.60. The van der Waals surface area contributed by atoms with E-state index in [1.165, 1.54) is 24.5 Å². The van der Waals surface area contributed by atoms with Crippen LogP contribution in [0.3, 0.4) is 0 Å². The van der Waals surface area contributed by atoms with Gasteiger partial charge in [0, 0.05) is 11.6 Å². The number of benzene rings is 1. The number of hydrogen-bond acceptors (Lipinski definition) is 5. The Morgan fingerprint density at radius 2 is 2.29 bits per heavy atom. The van der Waals surface area contributed by atoms with E-state index in [0.717, 1.165) is 10.5 Å². The van der Waals surface area contributed by atoms with Gasteiger partial charge in [-0.1, -0.05) is 0 Å². The Morgan fingerprint density at radius 1 is 1.43 bits per heavy atom. The normalized spacial score (nSPS) is 11.3. The van der Waals surface area contributed by atoms with Gasteiger partial charge in [0.1, 0.15) is 16.3 Å². The lowest BCUT2D eigenvalue weighted by Crippen LogP contribution is -2.00. The Morgan fingerprint density at radius 3 is 2.95 bits per heavy atom. The van der Waals surface area contributed by atoms with Crippen molar-refractivity contribution in [2.75, 3.05) is 7.11 Å². The van der Waals surface area contributed by atoms with Gasteiger partial charge >= 0.3 is 5.97 Å². The van der Waals surface area contributed by atoms with E-state index < -0.39 is 5.97 Å². The Bertz CT molecular complexity index is 821. The molecule has 0 aliphatic heterocycles. The molecule has 0 saturated heterocycles. The molecule has 0 aliphatic carbocycles. The largest absolute Gasteiger partial charge is 0.495 e. The second-order valence-corrected chi connectivity index (χ2v) is 5.11. The van der Waals surface area contributed by atoms with Gasteiger partial charge < -0.3 is 9.84 Å². The van der Waals surface area contributed by atoms with Gasteiger partial charge in [-0.15, -0.1) is 11.3 Å². The fourth-order valence-electron chi connectivity index (χ4n) is 2.07. The highest BCUT2D eigenvalue weighted by molar-refractivity contribution is 7.10. The van der Waals surface area contributed by atoms with E-state index in [9.17, 15) is 9.90 Å². The Hall–Kier alpha value is -2.67. The summed E-state index contributed by atoms with van der Waals surface area (Å²) in [6.07, 6.45) is 5.33. The predicted molar refractivity (Wildman–Crippen MR) is 80.6 cm³/mol. The first-order valence-corrected chi connectivity index (χ1v) is 6.94. The minimum absolute atomic E-state index is 0.107. The molecule has 0 amide bonds. The average molecular weight is 301 g/mol. The molecule has 0 spiro atoms. The predicted octanol–water partition coefficient (Wildman–Crippen LogP) is 2.90. The number of aromatic nitrogens is 3. The Balaban J connectivity index is 2.15. The van der Waals surface area contributed by atoms with Crippen LogP contribution >= 0.6 is 11.3 Å². The highest BCUT2D eigenvalue weighted by Crippen LogP contribution is 2.32. The molecule has 2 heterocycles. The maximum absolute atomic E-state index is 11.3. The summed E-state index contributed by atoms with van der Waals surface area (Å²) in [5, 5.41) is 19.7. The van der Waals surface area contributed by atoms with Crippen LogP contribution in [0.25, 0.3) is 23.1 Å². The number of nitrogens with zero attached hydrogens (tertiary/aromatic N) is 2. The maximum Gasteiger partial charge on any atom is 0.339 e. The number of ether oxygens (including phenoxy) is 1. The number of rotatable bonds is 4. The van der Waals surface area contributed by atoms with Crippen LogP contribution in [0.5, 0.6) is 5.75 Å². The minimum atomic E-state index is -1.04. The quantitative estimate of drug-likeness (QED) is 0.773. The highest BCUT2D eigenvalue weighted by atomic mass is 32.1. The van der Waals surface area contributed by atoms with Crippen molar-refractivity contribution in [3.05, 3.63) is 40.0 Å². The zero-order chi connectivity index (χ0) is 14.8. The van der Waals surface area contributed by atoms with Crippen molar-refractivity contribution >= 4 is 40.4 Å². The van der Waals surface area contributed by atoms with E-state index in [1.54, 1.807) is 18.3 Å². The van der Waals surface area contributed by atoms with Gasteiger partial charge in [0.15, 0.2) is 0 Å². The van der Waals surface area contributed by atoms with Crippen LogP contribution in [0.15, 0.2) is 23.7 Å². The number of fused-ring (bicyclic) bond motifs is 1. The zero-order valence-electron chi connectivity index (χ0n) is 11.0. The van der Waals surface area contributed by atoms with Crippen molar-refractivity contribution in [3.8, 4) is 5.75 Å². The zero-order valence-corrected chi connectivity index (χ0v) is 11.8. The Kier molecular flexibility index (Phi) is 3.41. The smallest absolute Gasteiger partial charge is 0.339 e. The summed E-state index contributed by atoms with van der Waals surface area (Å²) < 4.78 is 5.27. The number of hydrogen-bond donors (Lipinski definition) is 2. The van der Waals surface area contributed by atoms with Crippen LogP contribution in [-0.4, -0.2) is 33.4 Å². The van der Waals surface area contributed by atoms with E-state index in [1.807, 2.05) is 11.5 Å². The Labute approximate surface area is 123 Å². The molecule has 6 nitrogen and oxygen atoms in total. The number of aromatic carboxylic acids is 1. The first-order valence-electron chi connectivity index (χ1n) is 6.06. The first kappa shape index (κ1) is 13.3. The molecule has 0 fully saturated rings. The molecular formula is C14H11N3O3S. The van der Waals surface area contributed by atoms with Crippen LogP contribution in [0.4, 0.5) is 0 Å². The van der Waals surface area contributed by atoms with E-state index in [-0.39, 0.29) is 5.56 Å². The van der Waals surface area contributed by atoms with E-state index >= 15 is 0 Å². The lowest BCUT2D eigenvalue weighted by Gasteiger charge is -2.06. The third-order valence-electron chi connectivity index (χ3n) is 2.98. The van der Waals surface area contributed by atoms with Crippen LogP contribution < -0.4 is 4.74 Å². The molecular weight excluding hydrogens is 290 g/mol. The monoisotopic (exact) mass is 301 g/mol. The van der Waals surface area contributed by atoms with Crippen molar-refractivity contribution in [3.63, 3.8) is 0 Å². The summed E-state index contributed by atoms with van der Waals surface area (Å²) in [5.74, 6) is -0.739. The van der Waals surface area contributed by atoms with Crippen molar-refractivity contribution in [1.29, 1.82) is 0 Å². The molecule has 2 N–H and O–H groups in total. The summed E-state index contributed by atoms with van der Waals surface area (Å²) in [6.45, 7) is 0. The summed E-state index contributed by atoms with van der Waals surface area (Å²) in [4.78, 5) is 15.4. The molecule has 0 atom stereocenters. The van der Waals surface area contributed by atoms with Gasteiger partial charge in [0.05, 0.1) is 23.7 Å². The summed E-state index contributed by atoms with van der Waals surface area (Å²) in [6, 6.07) is 3.17. The molecule has 3 aromatic rings. The summed E-state index contributed by atoms with van der Waals surface area (Å²) in [5.41, 5.74) is 1.44. The second-order valence-electron chi connectivity index (χ2n) is 4.19. The number of aromatic amines is 1. The third-order valence-corrected chi connectivity index (χ3v) is 3.72. The number of H-pyrrole nitrogens is 1. The number of thiazole rings is 1. The summed E-state index contributed by atoms with van der Waals surface area (Å²) >= 11 is 1.51. The number of carboxylic acids is 1. The van der Waals surface area contributed by atoms with Gasteiger partial charge in [-0.25, -0.2) is 9.78 Å². The minimum Gasteiger partial charge on any atom is -0.495 e. The molecule has 7 heteroatoms. The van der Waals surface area contributed by atoms with Gasteiger partial charge in [-0.3, -0.25) is 5.10 Å². The SMILES string of the molecule is COc1c(C(=O)O)ccc2[nH]nc(/C=C/c3nccs3)c12. The topological polar surface area (TPSA) is 88.1 Å². The second kappa shape index (κ2) is 5.37.